The normalized spacial score (nSPS) is 17.8. The summed E-state index contributed by atoms with van der Waals surface area (Å²) in [4.78, 5) is 24.6. The van der Waals surface area contributed by atoms with Crippen LogP contribution in [0.2, 0.25) is 0 Å². The SMILES string of the molecule is CC(C)COC(=O)C1Cc2ccccc2CN1C(=O)O. The third kappa shape index (κ3) is 3.10. The van der Waals surface area contributed by atoms with E-state index in [0.29, 0.717) is 13.0 Å². The van der Waals surface area contributed by atoms with Crippen LogP contribution < -0.4 is 0 Å². The van der Waals surface area contributed by atoms with Gasteiger partial charge in [0.05, 0.1) is 13.2 Å². The first kappa shape index (κ1) is 14.4. The van der Waals surface area contributed by atoms with Crippen LogP contribution in [0.15, 0.2) is 24.3 Å². The molecule has 1 aromatic rings. The maximum atomic E-state index is 12.1. The van der Waals surface area contributed by atoms with Gasteiger partial charge in [0.1, 0.15) is 6.04 Å². The molecule has 1 aliphatic heterocycles. The van der Waals surface area contributed by atoms with E-state index in [9.17, 15) is 14.7 Å². The second kappa shape index (κ2) is 5.94. The Morgan fingerprint density at radius 2 is 2.00 bits per heavy atom. The van der Waals surface area contributed by atoms with Gasteiger partial charge in [0.25, 0.3) is 0 Å². The molecular formula is C15H19NO4. The lowest BCUT2D eigenvalue weighted by molar-refractivity contribution is -0.151. The number of ether oxygens (including phenoxy) is 1. The van der Waals surface area contributed by atoms with E-state index in [0.717, 1.165) is 16.0 Å². The summed E-state index contributed by atoms with van der Waals surface area (Å²) in [6.07, 6.45) is -0.717. The minimum absolute atomic E-state index is 0.229. The number of amides is 1. The Balaban J connectivity index is 2.18. The number of hydrogen-bond donors (Lipinski definition) is 1. The number of benzene rings is 1. The Morgan fingerprint density at radius 3 is 2.60 bits per heavy atom. The maximum absolute atomic E-state index is 12.1. The van der Waals surface area contributed by atoms with Gasteiger partial charge in [-0.15, -0.1) is 0 Å². The lowest BCUT2D eigenvalue weighted by Crippen LogP contribution is -2.49. The summed E-state index contributed by atoms with van der Waals surface area (Å²) >= 11 is 0. The van der Waals surface area contributed by atoms with Crippen LogP contribution in [0, 0.1) is 5.92 Å². The topological polar surface area (TPSA) is 66.8 Å². The molecule has 108 valence electrons. The van der Waals surface area contributed by atoms with Crippen molar-refractivity contribution in [3.8, 4) is 0 Å². The zero-order valence-corrected chi connectivity index (χ0v) is 11.7. The van der Waals surface area contributed by atoms with Gasteiger partial charge in [0.2, 0.25) is 0 Å². The molecule has 0 aromatic heterocycles. The van der Waals surface area contributed by atoms with Gasteiger partial charge >= 0.3 is 12.1 Å². The van der Waals surface area contributed by atoms with Gasteiger partial charge in [-0.1, -0.05) is 38.1 Å². The molecule has 0 aliphatic carbocycles. The molecule has 1 aromatic carbocycles. The molecule has 0 fully saturated rings. The van der Waals surface area contributed by atoms with E-state index in [1.54, 1.807) is 0 Å². The van der Waals surface area contributed by atoms with Crippen LogP contribution in [-0.2, 0) is 22.5 Å². The molecule has 0 radical (unpaired) electrons. The highest BCUT2D eigenvalue weighted by molar-refractivity contribution is 5.82. The standard InChI is InChI=1S/C15H19NO4/c1-10(2)9-20-14(17)13-7-11-5-3-4-6-12(11)8-16(13)15(18)19/h3-6,10,13H,7-9H2,1-2H3,(H,18,19). The van der Waals surface area contributed by atoms with Gasteiger partial charge in [-0.3, -0.25) is 4.90 Å². The molecule has 20 heavy (non-hydrogen) atoms. The van der Waals surface area contributed by atoms with Crippen LogP contribution in [-0.4, -0.2) is 34.7 Å². The van der Waals surface area contributed by atoms with Crippen molar-refractivity contribution in [3.63, 3.8) is 0 Å². The van der Waals surface area contributed by atoms with Crippen LogP contribution in [0.5, 0.6) is 0 Å². The molecule has 1 amide bonds. The molecule has 5 heteroatoms. The average Bonchev–Trinajstić information content (AvgIpc) is 2.43. The number of fused-ring (bicyclic) bond motifs is 1. The summed E-state index contributed by atoms with van der Waals surface area (Å²) in [5.74, 6) is -0.233. The summed E-state index contributed by atoms with van der Waals surface area (Å²) in [7, 11) is 0. The second-order valence-electron chi connectivity index (χ2n) is 5.42. The first-order chi connectivity index (χ1) is 9.49. The largest absolute Gasteiger partial charge is 0.465 e. The third-order valence-electron chi connectivity index (χ3n) is 3.33. The highest BCUT2D eigenvalue weighted by Crippen LogP contribution is 2.24. The number of esters is 1. The van der Waals surface area contributed by atoms with E-state index in [1.807, 2.05) is 38.1 Å². The van der Waals surface area contributed by atoms with Crippen LogP contribution in [0.3, 0.4) is 0 Å². The molecule has 0 bridgehead atoms. The molecule has 0 saturated heterocycles. The van der Waals surface area contributed by atoms with E-state index >= 15 is 0 Å². The van der Waals surface area contributed by atoms with E-state index in [4.69, 9.17) is 4.74 Å². The lowest BCUT2D eigenvalue weighted by atomic mass is 9.94. The molecular weight excluding hydrogens is 258 g/mol. The van der Waals surface area contributed by atoms with Crippen molar-refractivity contribution in [1.29, 1.82) is 0 Å². The fourth-order valence-corrected chi connectivity index (χ4v) is 2.28. The second-order valence-corrected chi connectivity index (χ2v) is 5.42. The Morgan fingerprint density at radius 1 is 1.35 bits per heavy atom. The van der Waals surface area contributed by atoms with Crippen LogP contribution in [0.25, 0.3) is 0 Å². The summed E-state index contributed by atoms with van der Waals surface area (Å²) < 4.78 is 5.19. The Hall–Kier alpha value is -2.04. The fourth-order valence-electron chi connectivity index (χ4n) is 2.28. The number of rotatable bonds is 3. The van der Waals surface area contributed by atoms with Crippen LogP contribution >= 0.6 is 0 Å². The van der Waals surface area contributed by atoms with Crippen molar-refractivity contribution in [2.24, 2.45) is 5.92 Å². The quantitative estimate of drug-likeness (QED) is 0.861. The van der Waals surface area contributed by atoms with Gasteiger partial charge in [-0.2, -0.15) is 0 Å². The van der Waals surface area contributed by atoms with Crippen molar-refractivity contribution in [2.75, 3.05) is 6.61 Å². The van der Waals surface area contributed by atoms with E-state index in [-0.39, 0.29) is 12.5 Å². The first-order valence-electron chi connectivity index (χ1n) is 6.72. The number of carboxylic acid groups (broad SMARTS) is 1. The predicted molar refractivity (Wildman–Crippen MR) is 73.3 cm³/mol. The number of hydrogen-bond acceptors (Lipinski definition) is 3. The van der Waals surface area contributed by atoms with Crippen molar-refractivity contribution in [3.05, 3.63) is 35.4 Å². The minimum atomic E-state index is -1.09. The summed E-state index contributed by atoms with van der Waals surface area (Å²) in [5, 5.41) is 9.28. The third-order valence-corrected chi connectivity index (χ3v) is 3.33. The summed E-state index contributed by atoms with van der Waals surface area (Å²) in [6.45, 7) is 4.42. The van der Waals surface area contributed by atoms with Gasteiger partial charge in [-0.05, 0) is 17.0 Å². The zero-order chi connectivity index (χ0) is 14.7. The molecule has 0 spiro atoms. The first-order valence-corrected chi connectivity index (χ1v) is 6.72. The van der Waals surface area contributed by atoms with Crippen LogP contribution in [0.1, 0.15) is 25.0 Å². The molecule has 5 nitrogen and oxygen atoms in total. The molecule has 0 saturated carbocycles. The number of nitrogens with zero attached hydrogens (tertiary/aromatic N) is 1. The van der Waals surface area contributed by atoms with E-state index < -0.39 is 18.1 Å². The van der Waals surface area contributed by atoms with E-state index in [1.165, 1.54) is 0 Å². The van der Waals surface area contributed by atoms with Crippen molar-refractivity contribution in [2.45, 2.75) is 32.9 Å². The van der Waals surface area contributed by atoms with Gasteiger partial charge < -0.3 is 9.84 Å². The smallest absolute Gasteiger partial charge is 0.408 e. The highest BCUT2D eigenvalue weighted by atomic mass is 16.5. The van der Waals surface area contributed by atoms with Gasteiger partial charge in [-0.25, -0.2) is 9.59 Å². The molecule has 1 atom stereocenters. The Kier molecular flexibility index (Phi) is 4.27. The van der Waals surface area contributed by atoms with Crippen molar-refractivity contribution >= 4 is 12.1 Å². The summed E-state index contributed by atoms with van der Waals surface area (Å²) in [5.41, 5.74) is 1.96. The van der Waals surface area contributed by atoms with E-state index in [2.05, 4.69) is 0 Å². The highest BCUT2D eigenvalue weighted by Gasteiger charge is 2.35. The van der Waals surface area contributed by atoms with Crippen molar-refractivity contribution < 1.29 is 19.4 Å². The average molecular weight is 277 g/mol. The van der Waals surface area contributed by atoms with Gasteiger partial charge in [0, 0.05) is 6.42 Å². The Labute approximate surface area is 118 Å². The Bertz CT molecular complexity index is 512. The lowest BCUT2D eigenvalue weighted by Gasteiger charge is -2.33. The molecule has 1 unspecified atom stereocenters. The fraction of sp³-hybridized carbons (Fsp3) is 0.467. The summed E-state index contributed by atoms with van der Waals surface area (Å²) in [6, 6.07) is 6.83. The molecule has 1 heterocycles. The zero-order valence-electron chi connectivity index (χ0n) is 11.7. The maximum Gasteiger partial charge on any atom is 0.408 e. The predicted octanol–water partition coefficient (Wildman–Crippen LogP) is 2.29. The minimum Gasteiger partial charge on any atom is -0.465 e. The molecule has 1 N–H and O–H groups in total. The molecule has 2 rings (SSSR count). The molecule has 1 aliphatic rings. The number of carbonyl (C=O) groups excluding carboxylic acids is 1. The van der Waals surface area contributed by atoms with Gasteiger partial charge in [0.15, 0.2) is 0 Å². The number of carbonyl (C=O) groups is 2. The van der Waals surface area contributed by atoms with Crippen molar-refractivity contribution in [1.82, 2.24) is 4.90 Å². The monoisotopic (exact) mass is 277 g/mol. The van der Waals surface area contributed by atoms with Crippen LogP contribution in [0.4, 0.5) is 4.79 Å².